The van der Waals surface area contributed by atoms with Gasteiger partial charge in [-0.25, -0.2) is 0 Å². The van der Waals surface area contributed by atoms with E-state index in [0.717, 1.165) is 0 Å². The molecule has 0 aromatic heterocycles. The van der Waals surface area contributed by atoms with Crippen LogP contribution in [0.1, 0.15) is 38.7 Å². The van der Waals surface area contributed by atoms with Crippen LogP contribution >= 0.6 is 0 Å². The summed E-state index contributed by atoms with van der Waals surface area (Å²) in [6.45, 7) is 2.95. The lowest BCUT2D eigenvalue weighted by Gasteiger charge is -2.25. The van der Waals surface area contributed by atoms with Gasteiger partial charge in [-0.15, -0.1) is 0 Å². The second-order valence-corrected chi connectivity index (χ2v) is 8.27. The van der Waals surface area contributed by atoms with Crippen LogP contribution in [-0.2, 0) is 30.4 Å². The zero-order valence-electron chi connectivity index (χ0n) is 19.1. The predicted octanol–water partition coefficient (Wildman–Crippen LogP) is -0.657. The van der Waals surface area contributed by atoms with Gasteiger partial charge in [0.15, 0.2) is 0 Å². The maximum Gasteiger partial charge on any atom is 0.322 e. The molecule has 188 valence electrons. The molecule has 3 atom stereocenters. The molecule has 0 saturated heterocycles. The van der Waals surface area contributed by atoms with E-state index in [1.54, 1.807) is 12.1 Å². The predicted molar refractivity (Wildman–Crippen MR) is 121 cm³/mol. The largest absolute Gasteiger partial charge is 0.508 e. The smallest absolute Gasteiger partial charge is 0.322 e. The third-order valence-corrected chi connectivity index (χ3v) is 4.76. The Labute approximate surface area is 196 Å². The average Bonchev–Trinajstić information content (AvgIpc) is 2.75. The molecule has 0 saturated carbocycles. The summed E-state index contributed by atoms with van der Waals surface area (Å²) < 4.78 is 0. The Kier molecular flexibility index (Phi) is 11.5. The number of amides is 3. The first kappa shape index (κ1) is 28.4. The van der Waals surface area contributed by atoms with E-state index in [0.29, 0.717) is 5.56 Å². The minimum Gasteiger partial charge on any atom is -0.508 e. The molecule has 0 radical (unpaired) electrons. The van der Waals surface area contributed by atoms with Crippen molar-refractivity contribution in [2.75, 3.05) is 6.54 Å². The fourth-order valence-electron chi connectivity index (χ4n) is 3.06. The molecule has 1 aromatic carbocycles. The Morgan fingerprint density at radius 1 is 0.882 bits per heavy atom. The Hall–Kier alpha value is -3.67. The normalized spacial score (nSPS) is 13.4. The van der Waals surface area contributed by atoms with Gasteiger partial charge in [0.2, 0.25) is 17.7 Å². The highest BCUT2D eigenvalue weighted by molar-refractivity contribution is 5.93. The van der Waals surface area contributed by atoms with E-state index in [9.17, 15) is 29.1 Å². The van der Waals surface area contributed by atoms with Crippen LogP contribution in [0.5, 0.6) is 5.75 Å². The van der Waals surface area contributed by atoms with E-state index in [4.69, 9.17) is 15.9 Å². The lowest BCUT2D eigenvalue weighted by molar-refractivity contribution is -0.140. The highest BCUT2D eigenvalue weighted by Crippen LogP contribution is 2.12. The molecule has 12 nitrogen and oxygen atoms in total. The van der Waals surface area contributed by atoms with Crippen molar-refractivity contribution in [3.63, 3.8) is 0 Å². The number of carboxylic acid groups (broad SMARTS) is 2. The van der Waals surface area contributed by atoms with Gasteiger partial charge in [-0.3, -0.25) is 24.0 Å². The number of phenols is 1. The number of nitrogens with two attached hydrogens (primary N) is 1. The standard InChI is InChI=1S/C22H32N4O8/c1-12(2)9-17(26-20(32)15(23)10-13-3-5-14(27)6-4-13)22(34)25-16(7-8-18(28)29)21(33)24-11-19(30)31/h3-6,12,15-17,27H,7-11,23H2,1-2H3,(H,24,33)(H,25,34)(H,26,32)(H,28,29)(H,30,31)/t15-,16-,17-/m0/s1. The second-order valence-electron chi connectivity index (χ2n) is 8.27. The van der Waals surface area contributed by atoms with E-state index in [1.807, 2.05) is 13.8 Å². The maximum atomic E-state index is 12.9. The molecule has 0 aliphatic carbocycles. The highest BCUT2D eigenvalue weighted by atomic mass is 16.4. The second kappa shape index (κ2) is 13.8. The first-order valence-corrected chi connectivity index (χ1v) is 10.7. The van der Waals surface area contributed by atoms with Gasteiger partial charge in [-0.05, 0) is 42.9 Å². The van der Waals surface area contributed by atoms with Crippen LogP contribution in [0.2, 0.25) is 0 Å². The van der Waals surface area contributed by atoms with Crippen LogP contribution in [0.4, 0.5) is 0 Å². The zero-order valence-corrected chi connectivity index (χ0v) is 19.1. The van der Waals surface area contributed by atoms with Crippen LogP contribution in [0, 0.1) is 5.92 Å². The Morgan fingerprint density at radius 2 is 1.47 bits per heavy atom. The fraction of sp³-hybridized carbons (Fsp3) is 0.500. The van der Waals surface area contributed by atoms with Gasteiger partial charge in [-0.1, -0.05) is 26.0 Å². The molecule has 3 amide bonds. The molecule has 0 spiro atoms. The van der Waals surface area contributed by atoms with Crippen molar-refractivity contribution < 1.29 is 39.3 Å². The Bertz CT molecular complexity index is 872. The van der Waals surface area contributed by atoms with Gasteiger partial charge in [0.25, 0.3) is 0 Å². The average molecular weight is 481 g/mol. The van der Waals surface area contributed by atoms with E-state index in [1.165, 1.54) is 12.1 Å². The molecule has 12 heteroatoms. The molecule has 8 N–H and O–H groups in total. The summed E-state index contributed by atoms with van der Waals surface area (Å²) in [7, 11) is 0. The number of nitrogens with one attached hydrogen (secondary N) is 3. The molecule has 0 heterocycles. The topological polar surface area (TPSA) is 208 Å². The number of carbonyl (C=O) groups is 5. The summed E-state index contributed by atoms with van der Waals surface area (Å²) in [6.07, 6.45) is -0.341. The fourth-order valence-corrected chi connectivity index (χ4v) is 3.06. The summed E-state index contributed by atoms with van der Waals surface area (Å²) in [5, 5.41) is 34.1. The van der Waals surface area contributed by atoms with Crippen molar-refractivity contribution in [3.05, 3.63) is 29.8 Å². The number of carboxylic acids is 2. The van der Waals surface area contributed by atoms with E-state index in [2.05, 4.69) is 16.0 Å². The maximum absolute atomic E-state index is 12.9. The zero-order chi connectivity index (χ0) is 25.8. The molecular weight excluding hydrogens is 448 g/mol. The van der Waals surface area contributed by atoms with Crippen LogP contribution in [-0.4, -0.2) is 69.7 Å². The van der Waals surface area contributed by atoms with Crippen molar-refractivity contribution in [1.82, 2.24) is 16.0 Å². The quantitative estimate of drug-likeness (QED) is 0.180. The number of aliphatic carboxylic acids is 2. The summed E-state index contributed by atoms with van der Waals surface area (Å²) >= 11 is 0. The van der Waals surface area contributed by atoms with Gasteiger partial charge in [0.05, 0.1) is 6.04 Å². The van der Waals surface area contributed by atoms with Crippen LogP contribution in [0.3, 0.4) is 0 Å². The number of benzene rings is 1. The molecule has 1 aromatic rings. The van der Waals surface area contributed by atoms with E-state index < -0.39 is 60.8 Å². The molecule has 1 rings (SSSR count). The lowest BCUT2D eigenvalue weighted by Crippen LogP contribution is -2.56. The molecule has 0 aliphatic heterocycles. The lowest BCUT2D eigenvalue weighted by atomic mass is 10.0. The third-order valence-electron chi connectivity index (χ3n) is 4.76. The Morgan fingerprint density at radius 3 is 2.00 bits per heavy atom. The highest BCUT2D eigenvalue weighted by Gasteiger charge is 2.29. The molecule has 34 heavy (non-hydrogen) atoms. The molecule has 0 bridgehead atoms. The SMILES string of the molecule is CC(C)C[C@H](NC(=O)[C@@H](N)Cc1ccc(O)cc1)C(=O)N[C@@H](CCC(=O)O)C(=O)NCC(=O)O. The first-order chi connectivity index (χ1) is 15.9. The number of hydrogen-bond donors (Lipinski definition) is 7. The van der Waals surface area contributed by atoms with Gasteiger partial charge in [-0.2, -0.15) is 0 Å². The molecule has 0 fully saturated rings. The van der Waals surface area contributed by atoms with Gasteiger partial charge < -0.3 is 37.0 Å². The minimum absolute atomic E-state index is 0.0253. The van der Waals surface area contributed by atoms with Gasteiger partial charge >= 0.3 is 11.9 Å². The number of phenolic OH excluding ortho intramolecular Hbond substituents is 1. The Balaban J connectivity index is 2.89. The van der Waals surface area contributed by atoms with Crippen molar-refractivity contribution in [2.45, 2.75) is 57.7 Å². The molecular formula is C22H32N4O8. The van der Waals surface area contributed by atoms with Crippen molar-refractivity contribution in [2.24, 2.45) is 11.7 Å². The number of carbonyl (C=O) groups excluding carboxylic acids is 3. The summed E-state index contributed by atoms with van der Waals surface area (Å²) in [6, 6.07) is 2.79. The number of aromatic hydroxyl groups is 1. The summed E-state index contributed by atoms with van der Waals surface area (Å²) in [4.78, 5) is 59.5. The van der Waals surface area contributed by atoms with Crippen LogP contribution < -0.4 is 21.7 Å². The van der Waals surface area contributed by atoms with Crippen molar-refractivity contribution in [1.29, 1.82) is 0 Å². The molecule has 0 unspecified atom stereocenters. The first-order valence-electron chi connectivity index (χ1n) is 10.7. The number of hydrogen-bond acceptors (Lipinski definition) is 7. The summed E-state index contributed by atoms with van der Waals surface area (Å²) in [5.74, 6) is -4.63. The summed E-state index contributed by atoms with van der Waals surface area (Å²) in [5.41, 5.74) is 6.68. The van der Waals surface area contributed by atoms with Crippen molar-refractivity contribution >= 4 is 29.7 Å². The van der Waals surface area contributed by atoms with E-state index >= 15 is 0 Å². The minimum atomic E-state index is -1.31. The monoisotopic (exact) mass is 480 g/mol. The molecule has 0 aliphatic rings. The van der Waals surface area contributed by atoms with Gasteiger partial charge in [0.1, 0.15) is 24.4 Å². The van der Waals surface area contributed by atoms with Crippen molar-refractivity contribution in [3.8, 4) is 5.75 Å². The number of rotatable bonds is 14. The van der Waals surface area contributed by atoms with Crippen LogP contribution in [0.25, 0.3) is 0 Å². The van der Waals surface area contributed by atoms with Gasteiger partial charge in [0, 0.05) is 6.42 Å². The van der Waals surface area contributed by atoms with E-state index in [-0.39, 0.29) is 30.9 Å². The van der Waals surface area contributed by atoms with Crippen LogP contribution in [0.15, 0.2) is 24.3 Å². The third kappa shape index (κ3) is 10.8.